The van der Waals surface area contributed by atoms with Crippen molar-refractivity contribution in [2.75, 3.05) is 27.7 Å². The summed E-state index contributed by atoms with van der Waals surface area (Å²) >= 11 is 0. The topological polar surface area (TPSA) is 56.6 Å². The predicted molar refractivity (Wildman–Crippen MR) is 103 cm³/mol. The Bertz CT molecular complexity index is 664. The largest absolute Gasteiger partial charge is 0.496 e. The van der Waals surface area contributed by atoms with Gasteiger partial charge in [-0.1, -0.05) is 31.4 Å². The summed E-state index contributed by atoms with van der Waals surface area (Å²) in [5.74, 6) is 0.929. The average molecular weight is 357 g/mol. The van der Waals surface area contributed by atoms with Crippen LogP contribution in [0.25, 0.3) is 0 Å². The van der Waals surface area contributed by atoms with Crippen molar-refractivity contribution in [1.29, 1.82) is 5.26 Å². The molecule has 1 aliphatic carbocycles. The van der Waals surface area contributed by atoms with Gasteiger partial charge >= 0.3 is 0 Å². The summed E-state index contributed by atoms with van der Waals surface area (Å²) in [4.78, 5) is 16.4. The van der Waals surface area contributed by atoms with Gasteiger partial charge < -0.3 is 9.64 Å². The van der Waals surface area contributed by atoms with Gasteiger partial charge in [0.05, 0.1) is 19.7 Å². The molecule has 26 heavy (non-hydrogen) atoms. The summed E-state index contributed by atoms with van der Waals surface area (Å²) in [6.07, 6.45) is 4.76. The smallest absolute Gasteiger partial charge is 0.237 e. The van der Waals surface area contributed by atoms with Crippen molar-refractivity contribution in [3.63, 3.8) is 0 Å². The van der Waals surface area contributed by atoms with Crippen LogP contribution in [0.3, 0.4) is 0 Å². The fourth-order valence-corrected chi connectivity index (χ4v) is 4.06. The van der Waals surface area contributed by atoms with Gasteiger partial charge in [-0.2, -0.15) is 5.26 Å². The van der Waals surface area contributed by atoms with Gasteiger partial charge in [-0.25, -0.2) is 0 Å². The first kappa shape index (κ1) is 20.3. The second-order valence-electron chi connectivity index (χ2n) is 7.59. The number of hydrogen-bond acceptors (Lipinski definition) is 4. The number of ether oxygens (including phenoxy) is 1. The first-order valence-electron chi connectivity index (χ1n) is 9.33. The second kappa shape index (κ2) is 8.55. The molecule has 0 unspecified atom stereocenters. The molecule has 0 radical (unpaired) electrons. The molecule has 2 rings (SSSR count). The molecule has 0 bridgehead atoms. The van der Waals surface area contributed by atoms with Gasteiger partial charge in [-0.15, -0.1) is 0 Å². The number of carbonyl (C=O) groups is 1. The number of nitriles is 1. The summed E-state index contributed by atoms with van der Waals surface area (Å²) in [6.45, 7) is 5.07. The Balaban J connectivity index is 2.02. The van der Waals surface area contributed by atoms with E-state index in [1.807, 2.05) is 25.8 Å². The van der Waals surface area contributed by atoms with Crippen LogP contribution in [0.5, 0.6) is 5.75 Å². The van der Waals surface area contributed by atoms with Crippen molar-refractivity contribution < 1.29 is 9.53 Å². The first-order chi connectivity index (χ1) is 12.3. The van der Waals surface area contributed by atoms with E-state index in [9.17, 15) is 10.1 Å². The van der Waals surface area contributed by atoms with Crippen molar-refractivity contribution >= 4 is 5.91 Å². The summed E-state index contributed by atoms with van der Waals surface area (Å²) < 4.78 is 5.42. The molecule has 1 amide bonds. The fourth-order valence-electron chi connectivity index (χ4n) is 4.06. The molecular weight excluding hydrogens is 326 g/mol. The highest BCUT2D eigenvalue weighted by atomic mass is 16.5. The lowest BCUT2D eigenvalue weighted by atomic mass is 9.81. The average Bonchev–Trinajstić information content (AvgIpc) is 2.61. The van der Waals surface area contributed by atoms with E-state index in [-0.39, 0.29) is 5.91 Å². The van der Waals surface area contributed by atoms with Crippen LogP contribution in [0.15, 0.2) is 12.1 Å². The van der Waals surface area contributed by atoms with E-state index in [1.54, 1.807) is 19.1 Å². The Morgan fingerprint density at radius 2 is 1.77 bits per heavy atom. The highest BCUT2D eigenvalue weighted by Gasteiger charge is 2.38. The normalized spacial score (nSPS) is 16.2. The molecule has 1 aromatic carbocycles. The SMILES string of the molecule is COc1c(C)cc(CN(C)CC(=O)N(C)C2(C#N)CCCCC2)cc1C. The number of rotatable bonds is 6. The van der Waals surface area contributed by atoms with Gasteiger partial charge in [0.15, 0.2) is 0 Å². The Hall–Kier alpha value is -2.06. The third kappa shape index (κ3) is 4.37. The third-order valence-electron chi connectivity index (χ3n) is 5.49. The number of methoxy groups -OCH3 is 1. The van der Waals surface area contributed by atoms with E-state index in [0.717, 1.165) is 54.5 Å². The van der Waals surface area contributed by atoms with Crippen LogP contribution < -0.4 is 4.74 Å². The summed E-state index contributed by atoms with van der Waals surface area (Å²) in [6, 6.07) is 6.63. The Morgan fingerprint density at radius 1 is 1.19 bits per heavy atom. The van der Waals surface area contributed by atoms with Crippen LogP contribution >= 0.6 is 0 Å². The van der Waals surface area contributed by atoms with Crippen LogP contribution in [-0.2, 0) is 11.3 Å². The minimum Gasteiger partial charge on any atom is -0.496 e. The molecule has 0 heterocycles. The maximum atomic E-state index is 12.8. The number of nitrogens with zero attached hydrogens (tertiary/aromatic N) is 3. The quantitative estimate of drug-likeness (QED) is 0.783. The number of aryl methyl sites for hydroxylation is 2. The number of likely N-dealkylation sites (N-methyl/N-ethyl adjacent to an activating group) is 2. The summed E-state index contributed by atoms with van der Waals surface area (Å²) in [5.41, 5.74) is 2.74. The van der Waals surface area contributed by atoms with Crippen molar-refractivity contribution in [2.24, 2.45) is 0 Å². The summed E-state index contributed by atoms with van der Waals surface area (Å²) in [5, 5.41) is 9.67. The predicted octanol–water partition coefficient (Wildman–Crippen LogP) is 3.43. The third-order valence-corrected chi connectivity index (χ3v) is 5.49. The van der Waals surface area contributed by atoms with Crippen molar-refractivity contribution in [1.82, 2.24) is 9.80 Å². The van der Waals surface area contributed by atoms with Crippen LogP contribution in [-0.4, -0.2) is 49.0 Å². The van der Waals surface area contributed by atoms with E-state index in [0.29, 0.717) is 13.1 Å². The summed E-state index contributed by atoms with van der Waals surface area (Å²) in [7, 11) is 5.42. The van der Waals surface area contributed by atoms with Crippen LogP contribution in [0, 0.1) is 25.2 Å². The number of benzene rings is 1. The lowest BCUT2D eigenvalue weighted by Crippen LogP contribution is -2.52. The van der Waals surface area contributed by atoms with Crippen molar-refractivity contribution in [3.05, 3.63) is 28.8 Å². The standard InChI is InChI=1S/C21H31N3O2/c1-16-11-18(12-17(2)20(16)26-5)13-23(3)14-19(25)24(4)21(15-22)9-7-6-8-10-21/h11-12H,6-10,13-14H2,1-5H3. The molecular formula is C21H31N3O2. The Labute approximate surface area is 157 Å². The van der Waals surface area contributed by atoms with Gasteiger partial charge in [0, 0.05) is 13.6 Å². The van der Waals surface area contributed by atoms with Crippen LogP contribution in [0.4, 0.5) is 0 Å². The zero-order chi connectivity index (χ0) is 19.3. The molecule has 1 aromatic rings. The maximum Gasteiger partial charge on any atom is 0.237 e. The second-order valence-corrected chi connectivity index (χ2v) is 7.59. The molecule has 1 fully saturated rings. The molecule has 0 N–H and O–H groups in total. The van der Waals surface area contributed by atoms with Gasteiger partial charge in [-0.3, -0.25) is 9.69 Å². The minimum atomic E-state index is -0.622. The monoisotopic (exact) mass is 357 g/mol. The maximum absolute atomic E-state index is 12.8. The zero-order valence-corrected chi connectivity index (χ0v) is 16.8. The molecule has 0 spiro atoms. The number of hydrogen-bond donors (Lipinski definition) is 0. The van der Waals surface area contributed by atoms with E-state index in [4.69, 9.17) is 4.74 Å². The van der Waals surface area contributed by atoms with E-state index in [2.05, 4.69) is 18.2 Å². The molecule has 1 saturated carbocycles. The number of carbonyl (C=O) groups excluding carboxylic acids is 1. The highest BCUT2D eigenvalue weighted by molar-refractivity contribution is 5.79. The highest BCUT2D eigenvalue weighted by Crippen LogP contribution is 2.32. The van der Waals surface area contributed by atoms with Gasteiger partial charge in [0.25, 0.3) is 0 Å². The molecule has 142 valence electrons. The Kier molecular flexibility index (Phi) is 6.66. The van der Waals surface area contributed by atoms with Crippen LogP contribution in [0.1, 0.15) is 48.8 Å². The van der Waals surface area contributed by atoms with Crippen molar-refractivity contribution in [2.45, 2.75) is 58.0 Å². The van der Waals surface area contributed by atoms with Gasteiger partial charge in [0.1, 0.15) is 11.3 Å². The minimum absolute atomic E-state index is 0.0119. The van der Waals surface area contributed by atoms with Gasteiger partial charge in [0.2, 0.25) is 5.91 Å². The Morgan fingerprint density at radius 3 is 2.27 bits per heavy atom. The molecule has 5 nitrogen and oxygen atoms in total. The molecule has 0 aromatic heterocycles. The van der Waals surface area contributed by atoms with Crippen molar-refractivity contribution in [3.8, 4) is 11.8 Å². The van der Waals surface area contributed by atoms with E-state index in [1.165, 1.54) is 0 Å². The molecule has 5 heteroatoms. The lowest BCUT2D eigenvalue weighted by Gasteiger charge is -2.39. The molecule has 0 saturated heterocycles. The van der Waals surface area contributed by atoms with Gasteiger partial charge in [-0.05, 0) is 50.4 Å². The number of amides is 1. The van der Waals surface area contributed by atoms with E-state index < -0.39 is 5.54 Å². The fraction of sp³-hybridized carbons (Fsp3) is 0.619. The first-order valence-corrected chi connectivity index (χ1v) is 9.33. The zero-order valence-electron chi connectivity index (χ0n) is 16.8. The molecule has 0 atom stereocenters. The molecule has 0 aliphatic heterocycles. The molecule has 1 aliphatic rings. The van der Waals surface area contributed by atoms with Crippen LogP contribution in [0.2, 0.25) is 0 Å². The van der Waals surface area contributed by atoms with E-state index >= 15 is 0 Å². The lowest BCUT2D eigenvalue weighted by molar-refractivity contribution is -0.135.